The first-order chi connectivity index (χ1) is 13.8. The van der Waals surface area contributed by atoms with E-state index in [-0.39, 0.29) is 10.8 Å². The molecule has 2 aromatic carbocycles. The highest BCUT2D eigenvalue weighted by Crippen LogP contribution is 2.30. The van der Waals surface area contributed by atoms with Crippen molar-refractivity contribution in [1.82, 2.24) is 14.3 Å². The summed E-state index contributed by atoms with van der Waals surface area (Å²) in [5.41, 5.74) is 4.79. The monoisotopic (exact) mass is 390 g/mol. The van der Waals surface area contributed by atoms with E-state index in [0.717, 1.165) is 64.8 Å². The molecule has 0 radical (unpaired) electrons. The molecule has 0 amide bonds. The molecule has 2 heterocycles. The lowest BCUT2D eigenvalue weighted by molar-refractivity contribution is 0.316. The van der Waals surface area contributed by atoms with Crippen molar-refractivity contribution in [2.45, 2.75) is 40.0 Å². The van der Waals surface area contributed by atoms with Crippen molar-refractivity contribution in [3.8, 4) is 0 Å². The normalized spacial score (nSPS) is 12.6. The molecule has 0 unspecified atom stereocenters. The van der Waals surface area contributed by atoms with Gasteiger partial charge in [0.25, 0.3) is 0 Å². The lowest BCUT2D eigenvalue weighted by Crippen LogP contribution is -2.28. The van der Waals surface area contributed by atoms with Crippen LogP contribution in [0.1, 0.15) is 40.2 Å². The molecule has 0 spiro atoms. The lowest BCUT2D eigenvalue weighted by Gasteiger charge is -2.20. The standard InChI is InChI=1S/C24H30N4O/c1-6-27(7-2)13-12-25-18-9-10-19-22-21(18)23(29)17-14-16(24(3,4)5)8-11-20(17)28(22)15-26-19/h8-11,14-15,25H,6-7,12-13H2,1-5H3. The number of nitrogens with zero attached hydrogens (tertiary/aromatic N) is 3. The highest BCUT2D eigenvalue weighted by Gasteiger charge is 2.19. The van der Waals surface area contributed by atoms with Crippen LogP contribution in [0.4, 0.5) is 5.69 Å². The van der Waals surface area contributed by atoms with Gasteiger partial charge in [0.2, 0.25) is 0 Å². The van der Waals surface area contributed by atoms with Gasteiger partial charge in [-0.05, 0) is 48.3 Å². The minimum Gasteiger partial charge on any atom is -0.383 e. The number of pyridine rings is 1. The molecule has 152 valence electrons. The summed E-state index contributed by atoms with van der Waals surface area (Å²) in [6.07, 6.45) is 1.83. The molecule has 0 aliphatic carbocycles. The summed E-state index contributed by atoms with van der Waals surface area (Å²) >= 11 is 0. The second-order valence-corrected chi connectivity index (χ2v) is 8.74. The van der Waals surface area contributed by atoms with E-state index in [2.05, 4.69) is 72.4 Å². The van der Waals surface area contributed by atoms with Gasteiger partial charge in [-0.2, -0.15) is 0 Å². The number of aromatic nitrogens is 2. The number of benzene rings is 2. The first kappa shape index (κ1) is 19.6. The van der Waals surface area contributed by atoms with Gasteiger partial charge in [-0.1, -0.05) is 40.7 Å². The molecule has 5 nitrogen and oxygen atoms in total. The average molecular weight is 391 g/mol. The predicted octanol–water partition coefficient (Wildman–Crippen LogP) is 4.49. The minimum absolute atomic E-state index is 0.0125. The maximum atomic E-state index is 13.6. The molecule has 0 fully saturated rings. The van der Waals surface area contributed by atoms with Crippen LogP contribution in [0.5, 0.6) is 0 Å². The number of likely N-dealkylation sites (N-methyl/N-ethyl adjacent to an activating group) is 1. The number of rotatable bonds is 6. The van der Waals surface area contributed by atoms with Crippen LogP contribution in [0.2, 0.25) is 0 Å². The predicted molar refractivity (Wildman–Crippen MR) is 123 cm³/mol. The fraction of sp³-hybridized carbons (Fsp3) is 0.417. The molecule has 5 heteroatoms. The Morgan fingerprint density at radius 2 is 1.86 bits per heavy atom. The van der Waals surface area contributed by atoms with E-state index < -0.39 is 0 Å². The topological polar surface area (TPSA) is 49.6 Å². The summed E-state index contributed by atoms with van der Waals surface area (Å²) in [6, 6.07) is 10.2. The first-order valence-electron chi connectivity index (χ1n) is 10.5. The number of fused-ring (bicyclic) bond motifs is 2. The minimum atomic E-state index is -0.0125. The molecule has 0 saturated heterocycles. The van der Waals surface area contributed by atoms with Crippen molar-refractivity contribution < 1.29 is 0 Å². The zero-order chi connectivity index (χ0) is 20.8. The Balaban J connectivity index is 1.89. The number of nitrogens with one attached hydrogen (secondary N) is 1. The SMILES string of the molecule is CCN(CC)CCNc1ccc2ncn3c4ccc(C(C)(C)C)cc4c(=O)c1c23. The molecule has 0 aliphatic rings. The Labute approximate surface area is 171 Å². The third-order valence-corrected chi connectivity index (χ3v) is 5.94. The number of anilines is 1. The quantitative estimate of drug-likeness (QED) is 0.493. The summed E-state index contributed by atoms with van der Waals surface area (Å²) in [4.78, 5) is 20.5. The largest absolute Gasteiger partial charge is 0.383 e. The lowest BCUT2D eigenvalue weighted by atomic mass is 9.86. The Morgan fingerprint density at radius 3 is 2.55 bits per heavy atom. The fourth-order valence-electron chi connectivity index (χ4n) is 4.08. The Kier molecular flexibility index (Phi) is 4.95. The van der Waals surface area contributed by atoms with Crippen molar-refractivity contribution in [3.05, 3.63) is 52.4 Å². The first-order valence-corrected chi connectivity index (χ1v) is 10.5. The van der Waals surface area contributed by atoms with Gasteiger partial charge in [0.05, 0.1) is 21.9 Å². The third-order valence-electron chi connectivity index (χ3n) is 5.94. The molecule has 4 rings (SSSR count). The molecule has 2 aromatic heterocycles. The highest BCUT2D eigenvalue weighted by molar-refractivity contribution is 6.07. The summed E-state index contributed by atoms with van der Waals surface area (Å²) in [7, 11) is 0. The number of imidazole rings is 1. The Bertz CT molecular complexity index is 1220. The molecular weight excluding hydrogens is 360 g/mol. The van der Waals surface area contributed by atoms with Gasteiger partial charge in [0.15, 0.2) is 5.43 Å². The zero-order valence-electron chi connectivity index (χ0n) is 18.0. The summed E-state index contributed by atoms with van der Waals surface area (Å²) in [5.74, 6) is 0. The van der Waals surface area contributed by atoms with Crippen LogP contribution in [0, 0.1) is 0 Å². The van der Waals surface area contributed by atoms with Crippen molar-refractivity contribution >= 4 is 33.0 Å². The van der Waals surface area contributed by atoms with Crippen molar-refractivity contribution in [1.29, 1.82) is 0 Å². The van der Waals surface area contributed by atoms with E-state index in [9.17, 15) is 4.79 Å². The van der Waals surface area contributed by atoms with Crippen molar-refractivity contribution in [2.24, 2.45) is 0 Å². The van der Waals surface area contributed by atoms with E-state index in [1.165, 1.54) is 0 Å². The van der Waals surface area contributed by atoms with Crippen molar-refractivity contribution in [2.75, 3.05) is 31.5 Å². The number of hydrogen-bond acceptors (Lipinski definition) is 4. The Morgan fingerprint density at radius 1 is 1.10 bits per heavy atom. The average Bonchev–Trinajstić information content (AvgIpc) is 3.13. The van der Waals surface area contributed by atoms with Gasteiger partial charge in [0, 0.05) is 24.2 Å². The Hall–Kier alpha value is -2.66. The summed E-state index contributed by atoms with van der Waals surface area (Å²) in [6.45, 7) is 14.7. The van der Waals surface area contributed by atoms with Crippen molar-refractivity contribution in [3.63, 3.8) is 0 Å². The third kappa shape index (κ3) is 3.33. The summed E-state index contributed by atoms with van der Waals surface area (Å²) < 4.78 is 2.06. The van der Waals surface area contributed by atoms with E-state index >= 15 is 0 Å². The second-order valence-electron chi connectivity index (χ2n) is 8.74. The van der Waals surface area contributed by atoms with E-state index in [4.69, 9.17) is 0 Å². The van der Waals surface area contributed by atoms with Gasteiger partial charge >= 0.3 is 0 Å². The highest BCUT2D eigenvalue weighted by atomic mass is 16.1. The van der Waals surface area contributed by atoms with E-state index in [1.807, 2.05) is 18.5 Å². The van der Waals surface area contributed by atoms with Gasteiger partial charge < -0.3 is 10.2 Å². The van der Waals surface area contributed by atoms with E-state index in [0.29, 0.717) is 0 Å². The van der Waals surface area contributed by atoms with Crippen LogP contribution in [0.3, 0.4) is 0 Å². The van der Waals surface area contributed by atoms with Gasteiger partial charge in [-0.25, -0.2) is 4.98 Å². The molecular formula is C24H30N4O. The van der Waals surface area contributed by atoms with Crippen LogP contribution in [-0.4, -0.2) is 40.5 Å². The van der Waals surface area contributed by atoms with Gasteiger partial charge in [-0.3, -0.25) is 9.20 Å². The molecule has 29 heavy (non-hydrogen) atoms. The van der Waals surface area contributed by atoms with Crippen LogP contribution in [0.15, 0.2) is 41.5 Å². The fourth-order valence-corrected chi connectivity index (χ4v) is 4.08. The maximum absolute atomic E-state index is 13.6. The van der Waals surface area contributed by atoms with Crippen LogP contribution < -0.4 is 10.7 Å². The van der Waals surface area contributed by atoms with E-state index in [1.54, 1.807) is 0 Å². The van der Waals surface area contributed by atoms with Crippen LogP contribution in [0.25, 0.3) is 27.3 Å². The van der Waals surface area contributed by atoms with Gasteiger partial charge in [0.1, 0.15) is 6.33 Å². The number of hydrogen-bond donors (Lipinski definition) is 1. The molecule has 1 N–H and O–H groups in total. The molecule has 0 bridgehead atoms. The smallest absolute Gasteiger partial charge is 0.199 e. The molecule has 0 saturated carbocycles. The second kappa shape index (κ2) is 7.30. The molecule has 0 atom stereocenters. The van der Waals surface area contributed by atoms with Gasteiger partial charge in [-0.15, -0.1) is 0 Å². The maximum Gasteiger partial charge on any atom is 0.199 e. The zero-order valence-corrected chi connectivity index (χ0v) is 18.0. The molecule has 0 aliphatic heterocycles. The molecule has 4 aromatic rings. The summed E-state index contributed by atoms with van der Waals surface area (Å²) in [5, 5.41) is 5.00. The van der Waals surface area contributed by atoms with Crippen LogP contribution >= 0.6 is 0 Å². The van der Waals surface area contributed by atoms with Crippen LogP contribution in [-0.2, 0) is 5.41 Å².